The fourth-order valence-corrected chi connectivity index (χ4v) is 2.28. The minimum Gasteiger partial charge on any atom is -0.393 e. The third kappa shape index (κ3) is 3.43. The van der Waals surface area contributed by atoms with Crippen LogP contribution in [0.2, 0.25) is 0 Å². The van der Waals surface area contributed by atoms with Crippen molar-refractivity contribution >= 4 is 28.8 Å². The molecule has 0 aliphatic rings. The summed E-state index contributed by atoms with van der Waals surface area (Å²) < 4.78 is 0. The molecule has 2 aromatic heterocycles. The van der Waals surface area contributed by atoms with Gasteiger partial charge >= 0.3 is 0 Å². The molecule has 0 spiro atoms. The van der Waals surface area contributed by atoms with Crippen molar-refractivity contribution in [1.82, 2.24) is 15.0 Å². The number of hydrogen-bond acceptors (Lipinski definition) is 6. The molecule has 0 unspecified atom stereocenters. The van der Waals surface area contributed by atoms with Crippen LogP contribution >= 0.6 is 0 Å². The summed E-state index contributed by atoms with van der Waals surface area (Å²) in [6, 6.07) is 11.8. The summed E-state index contributed by atoms with van der Waals surface area (Å²) in [5, 5.41) is 6.37. The van der Waals surface area contributed by atoms with Crippen molar-refractivity contribution in [3.8, 4) is 0 Å². The van der Waals surface area contributed by atoms with E-state index in [2.05, 4.69) is 51.6 Å². The zero-order valence-corrected chi connectivity index (χ0v) is 14.0. The first-order valence-corrected chi connectivity index (χ1v) is 7.68. The number of nitrogens with two attached hydrogens (primary N) is 1. The molecular weight excluding hydrogens is 300 g/mol. The molecule has 0 saturated heterocycles. The Hall–Kier alpha value is -3.15. The molecule has 0 radical (unpaired) electrons. The highest BCUT2D eigenvalue weighted by atomic mass is 15.1. The second-order valence-electron chi connectivity index (χ2n) is 5.70. The maximum Gasteiger partial charge on any atom is 0.160 e. The maximum atomic E-state index is 6.21. The van der Waals surface area contributed by atoms with Crippen molar-refractivity contribution in [1.29, 1.82) is 0 Å². The van der Waals surface area contributed by atoms with Gasteiger partial charge in [-0.05, 0) is 56.2 Å². The lowest BCUT2D eigenvalue weighted by Gasteiger charge is -2.13. The van der Waals surface area contributed by atoms with Crippen LogP contribution in [0.1, 0.15) is 16.8 Å². The van der Waals surface area contributed by atoms with Crippen molar-refractivity contribution in [2.24, 2.45) is 0 Å². The molecule has 6 nitrogen and oxygen atoms in total. The van der Waals surface area contributed by atoms with Gasteiger partial charge in [-0.1, -0.05) is 12.1 Å². The molecule has 0 fully saturated rings. The highest BCUT2D eigenvalue weighted by Gasteiger charge is 2.09. The van der Waals surface area contributed by atoms with E-state index in [1.165, 1.54) is 17.5 Å². The van der Waals surface area contributed by atoms with Gasteiger partial charge in [-0.15, -0.1) is 0 Å². The van der Waals surface area contributed by atoms with Gasteiger partial charge in [0.25, 0.3) is 0 Å². The first kappa shape index (κ1) is 15.7. The number of rotatable bonds is 4. The van der Waals surface area contributed by atoms with E-state index in [0.29, 0.717) is 23.1 Å². The van der Waals surface area contributed by atoms with E-state index in [0.717, 1.165) is 11.4 Å². The Bertz CT molecular complexity index is 875. The minimum absolute atomic E-state index is 0.444. The average Bonchev–Trinajstić information content (AvgIpc) is 2.55. The number of benzene rings is 1. The van der Waals surface area contributed by atoms with E-state index in [-0.39, 0.29) is 0 Å². The summed E-state index contributed by atoms with van der Waals surface area (Å²) >= 11 is 0. The SMILES string of the molecule is Cc1cccc(Nc2ncnc(Nc3ccc(C)c(C)c3)c2N)n1. The molecule has 0 saturated carbocycles. The molecule has 0 aliphatic heterocycles. The molecule has 0 bridgehead atoms. The van der Waals surface area contributed by atoms with Crippen LogP contribution in [-0.2, 0) is 0 Å². The number of nitrogens with zero attached hydrogens (tertiary/aromatic N) is 3. The number of nitrogens with one attached hydrogen (secondary N) is 2. The van der Waals surface area contributed by atoms with E-state index < -0.39 is 0 Å². The lowest BCUT2D eigenvalue weighted by molar-refractivity contribution is 1.15. The second-order valence-corrected chi connectivity index (χ2v) is 5.70. The van der Waals surface area contributed by atoms with Gasteiger partial charge in [-0.2, -0.15) is 0 Å². The lowest BCUT2D eigenvalue weighted by atomic mass is 10.1. The Labute approximate surface area is 141 Å². The topological polar surface area (TPSA) is 88.8 Å². The summed E-state index contributed by atoms with van der Waals surface area (Å²) in [6.45, 7) is 6.08. The Balaban J connectivity index is 1.86. The molecule has 0 amide bonds. The van der Waals surface area contributed by atoms with Crippen molar-refractivity contribution in [2.45, 2.75) is 20.8 Å². The normalized spacial score (nSPS) is 10.5. The Morgan fingerprint density at radius 1 is 0.875 bits per heavy atom. The van der Waals surface area contributed by atoms with E-state index in [9.17, 15) is 0 Å². The quantitative estimate of drug-likeness (QED) is 0.676. The van der Waals surface area contributed by atoms with Crippen LogP contribution in [-0.4, -0.2) is 15.0 Å². The van der Waals surface area contributed by atoms with Gasteiger partial charge in [0, 0.05) is 11.4 Å². The van der Waals surface area contributed by atoms with Crippen molar-refractivity contribution in [2.75, 3.05) is 16.4 Å². The van der Waals surface area contributed by atoms with E-state index >= 15 is 0 Å². The van der Waals surface area contributed by atoms with Crippen LogP contribution < -0.4 is 16.4 Å². The molecule has 24 heavy (non-hydrogen) atoms. The van der Waals surface area contributed by atoms with Crippen LogP contribution in [0.15, 0.2) is 42.7 Å². The molecule has 2 heterocycles. The molecule has 6 heteroatoms. The van der Waals surface area contributed by atoms with E-state index in [1.807, 2.05) is 31.2 Å². The van der Waals surface area contributed by atoms with Crippen LogP contribution in [0.4, 0.5) is 28.8 Å². The average molecular weight is 320 g/mol. The molecule has 3 rings (SSSR count). The van der Waals surface area contributed by atoms with Crippen LogP contribution in [0.3, 0.4) is 0 Å². The summed E-state index contributed by atoms with van der Waals surface area (Å²) in [4.78, 5) is 12.8. The highest BCUT2D eigenvalue weighted by molar-refractivity contribution is 5.79. The molecule has 3 aromatic rings. The van der Waals surface area contributed by atoms with Gasteiger partial charge in [0.2, 0.25) is 0 Å². The van der Waals surface area contributed by atoms with Crippen LogP contribution in [0.5, 0.6) is 0 Å². The van der Waals surface area contributed by atoms with Gasteiger partial charge in [0.15, 0.2) is 11.6 Å². The first-order chi connectivity index (χ1) is 11.5. The third-order valence-corrected chi connectivity index (χ3v) is 3.79. The van der Waals surface area contributed by atoms with Crippen molar-refractivity contribution in [3.05, 3.63) is 59.5 Å². The maximum absolute atomic E-state index is 6.21. The monoisotopic (exact) mass is 320 g/mol. The number of hydrogen-bond donors (Lipinski definition) is 3. The second kappa shape index (κ2) is 6.54. The zero-order chi connectivity index (χ0) is 17.1. The van der Waals surface area contributed by atoms with Crippen molar-refractivity contribution in [3.63, 3.8) is 0 Å². The third-order valence-electron chi connectivity index (χ3n) is 3.79. The minimum atomic E-state index is 0.444. The molecular formula is C18H20N6. The van der Waals surface area contributed by atoms with Gasteiger partial charge in [0.1, 0.15) is 17.8 Å². The molecule has 1 aromatic carbocycles. The van der Waals surface area contributed by atoms with Gasteiger partial charge in [0.05, 0.1) is 0 Å². The fraction of sp³-hybridized carbons (Fsp3) is 0.167. The standard InChI is InChI=1S/C18H20N6/c1-11-7-8-14(9-12(11)2)23-17-16(19)18(21-10-20-17)24-15-6-4-5-13(3)22-15/h4-10H,19H2,1-3H3,(H2,20,21,22,23,24). The van der Waals surface area contributed by atoms with E-state index in [4.69, 9.17) is 5.73 Å². The molecule has 0 aliphatic carbocycles. The zero-order valence-electron chi connectivity index (χ0n) is 14.0. The molecule has 0 atom stereocenters. The number of pyridine rings is 1. The Morgan fingerprint density at radius 2 is 1.62 bits per heavy atom. The summed E-state index contributed by atoms with van der Waals surface area (Å²) in [5.74, 6) is 1.77. The summed E-state index contributed by atoms with van der Waals surface area (Å²) in [5.41, 5.74) is 10.9. The number of anilines is 5. The summed E-state index contributed by atoms with van der Waals surface area (Å²) in [6.07, 6.45) is 1.47. The Morgan fingerprint density at radius 3 is 2.33 bits per heavy atom. The first-order valence-electron chi connectivity index (χ1n) is 7.68. The largest absolute Gasteiger partial charge is 0.393 e. The lowest BCUT2D eigenvalue weighted by Crippen LogP contribution is -2.06. The Kier molecular flexibility index (Phi) is 4.29. The highest BCUT2D eigenvalue weighted by Crippen LogP contribution is 2.28. The predicted molar refractivity (Wildman–Crippen MR) is 97.9 cm³/mol. The van der Waals surface area contributed by atoms with E-state index in [1.54, 1.807) is 0 Å². The number of nitrogen functional groups attached to an aromatic ring is 1. The van der Waals surface area contributed by atoms with Gasteiger partial charge in [-0.3, -0.25) is 0 Å². The van der Waals surface area contributed by atoms with Gasteiger partial charge < -0.3 is 16.4 Å². The molecule has 4 N–H and O–H groups in total. The van der Waals surface area contributed by atoms with Crippen molar-refractivity contribution < 1.29 is 0 Å². The predicted octanol–water partition coefficient (Wildman–Crippen LogP) is 3.87. The number of aryl methyl sites for hydroxylation is 3. The number of aromatic nitrogens is 3. The van der Waals surface area contributed by atoms with Crippen LogP contribution in [0.25, 0.3) is 0 Å². The fourth-order valence-electron chi connectivity index (χ4n) is 2.28. The summed E-state index contributed by atoms with van der Waals surface area (Å²) in [7, 11) is 0. The van der Waals surface area contributed by atoms with Crippen LogP contribution in [0, 0.1) is 20.8 Å². The smallest absolute Gasteiger partial charge is 0.160 e. The molecule has 122 valence electrons. The van der Waals surface area contributed by atoms with Gasteiger partial charge in [-0.25, -0.2) is 15.0 Å².